The van der Waals surface area contributed by atoms with Crippen molar-refractivity contribution in [2.24, 2.45) is 0 Å². The van der Waals surface area contributed by atoms with Gasteiger partial charge in [0.25, 0.3) is 0 Å². The zero-order valence-electron chi connectivity index (χ0n) is 11.7. The van der Waals surface area contributed by atoms with Crippen LogP contribution in [0.5, 0.6) is 0 Å². The number of rotatable bonds is 6. The third-order valence-electron chi connectivity index (χ3n) is 4.16. The van der Waals surface area contributed by atoms with E-state index in [1.54, 1.807) is 0 Å². The first-order valence-electron chi connectivity index (χ1n) is 7.48. The molecule has 4 nitrogen and oxygen atoms in total. The minimum absolute atomic E-state index is 0.135. The Balaban J connectivity index is 1.59. The number of aliphatic hydroxyl groups is 1. The smallest absolute Gasteiger partial charge is 0.0594 e. The van der Waals surface area contributed by atoms with E-state index in [9.17, 15) is 5.11 Å². The molecule has 0 aromatic heterocycles. The van der Waals surface area contributed by atoms with Gasteiger partial charge in [0.1, 0.15) is 0 Å². The van der Waals surface area contributed by atoms with E-state index in [0.717, 1.165) is 45.2 Å². The van der Waals surface area contributed by atoms with Crippen molar-refractivity contribution >= 4 is 0 Å². The van der Waals surface area contributed by atoms with Crippen LogP contribution in [0, 0.1) is 0 Å². The summed E-state index contributed by atoms with van der Waals surface area (Å²) in [5.74, 6) is 0. The molecule has 4 heteroatoms. The normalized spacial score (nSPS) is 28.7. The fourth-order valence-electron chi connectivity index (χ4n) is 3.03. The largest absolute Gasteiger partial charge is 0.393 e. The van der Waals surface area contributed by atoms with Crippen molar-refractivity contribution in [2.45, 2.75) is 44.8 Å². The van der Waals surface area contributed by atoms with Crippen molar-refractivity contribution in [3.8, 4) is 0 Å². The zero-order valence-corrected chi connectivity index (χ0v) is 11.7. The quantitative estimate of drug-likeness (QED) is 0.718. The van der Waals surface area contributed by atoms with Gasteiger partial charge in [-0.05, 0) is 45.7 Å². The SMILES string of the molecule is CC(O)CCCCN1CCC(N2CCOCC2)C1. The maximum Gasteiger partial charge on any atom is 0.0594 e. The van der Waals surface area contributed by atoms with Crippen LogP contribution >= 0.6 is 0 Å². The van der Waals surface area contributed by atoms with Crippen molar-refractivity contribution in [1.82, 2.24) is 9.80 Å². The lowest BCUT2D eigenvalue weighted by Gasteiger charge is -2.32. The molecule has 2 atom stereocenters. The highest BCUT2D eigenvalue weighted by Crippen LogP contribution is 2.17. The summed E-state index contributed by atoms with van der Waals surface area (Å²) in [6, 6.07) is 0.755. The van der Waals surface area contributed by atoms with E-state index >= 15 is 0 Å². The van der Waals surface area contributed by atoms with Crippen molar-refractivity contribution in [1.29, 1.82) is 0 Å². The number of hydrogen-bond donors (Lipinski definition) is 1. The molecule has 18 heavy (non-hydrogen) atoms. The van der Waals surface area contributed by atoms with Crippen LogP contribution in [0.15, 0.2) is 0 Å². The first-order valence-corrected chi connectivity index (χ1v) is 7.48. The lowest BCUT2D eigenvalue weighted by Crippen LogP contribution is -2.44. The van der Waals surface area contributed by atoms with Gasteiger partial charge in [0, 0.05) is 25.7 Å². The molecule has 0 bridgehead atoms. The summed E-state index contributed by atoms with van der Waals surface area (Å²) in [5, 5.41) is 9.22. The van der Waals surface area contributed by atoms with E-state index in [0.29, 0.717) is 0 Å². The molecule has 2 heterocycles. The Bertz CT molecular complexity index is 230. The summed E-state index contributed by atoms with van der Waals surface area (Å²) >= 11 is 0. The van der Waals surface area contributed by atoms with Crippen molar-refractivity contribution in [3.05, 3.63) is 0 Å². The fourth-order valence-corrected chi connectivity index (χ4v) is 3.03. The highest BCUT2D eigenvalue weighted by Gasteiger charge is 2.28. The number of nitrogens with zero attached hydrogens (tertiary/aromatic N) is 2. The minimum atomic E-state index is -0.135. The molecule has 0 aromatic rings. The van der Waals surface area contributed by atoms with Gasteiger partial charge in [0.15, 0.2) is 0 Å². The van der Waals surface area contributed by atoms with Gasteiger partial charge in [0.2, 0.25) is 0 Å². The van der Waals surface area contributed by atoms with E-state index < -0.39 is 0 Å². The van der Waals surface area contributed by atoms with Crippen LogP contribution in [0.1, 0.15) is 32.6 Å². The fraction of sp³-hybridized carbons (Fsp3) is 1.00. The number of aliphatic hydroxyl groups excluding tert-OH is 1. The Morgan fingerprint density at radius 3 is 2.72 bits per heavy atom. The van der Waals surface area contributed by atoms with Gasteiger partial charge >= 0.3 is 0 Å². The zero-order chi connectivity index (χ0) is 12.8. The van der Waals surface area contributed by atoms with Crippen LogP contribution in [0.2, 0.25) is 0 Å². The molecule has 0 aromatic carbocycles. The van der Waals surface area contributed by atoms with Crippen molar-refractivity contribution in [2.75, 3.05) is 45.9 Å². The number of ether oxygens (including phenoxy) is 1. The van der Waals surface area contributed by atoms with Crippen LogP contribution in [-0.4, -0.2) is 73.0 Å². The molecule has 2 unspecified atom stereocenters. The Morgan fingerprint density at radius 2 is 2.00 bits per heavy atom. The molecule has 2 rings (SSSR count). The monoisotopic (exact) mass is 256 g/mol. The Hall–Kier alpha value is -0.160. The van der Waals surface area contributed by atoms with E-state index in [4.69, 9.17) is 4.74 Å². The number of unbranched alkanes of at least 4 members (excludes halogenated alkanes) is 1. The van der Waals surface area contributed by atoms with Gasteiger partial charge in [-0.3, -0.25) is 4.90 Å². The van der Waals surface area contributed by atoms with Gasteiger partial charge in [0.05, 0.1) is 19.3 Å². The highest BCUT2D eigenvalue weighted by atomic mass is 16.5. The molecule has 2 saturated heterocycles. The van der Waals surface area contributed by atoms with Gasteiger partial charge in [-0.1, -0.05) is 0 Å². The predicted octanol–water partition coefficient (Wildman–Crippen LogP) is 0.944. The van der Waals surface area contributed by atoms with Crippen molar-refractivity contribution < 1.29 is 9.84 Å². The second kappa shape index (κ2) is 7.43. The highest BCUT2D eigenvalue weighted by molar-refractivity contribution is 4.84. The standard InChI is InChI=1S/C14H28N2O2/c1-13(17)4-2-3-6-15-7-5-14(12-15)16-8-10-18-11-9-16/h13-14,17H,2-12H2,1H3. The van der Waals surface area contributed by atoms with Crippen LogP contribution in [0.25, 0.3) is 0 Å². The van der Waals surface area contributed by atoms with Crippen LogP contribution in [0.3, 0.4) is 0 Å². The van der Waals surface area contributed by atoms with E-state index in [1.807, 2.05) is 6.92 Å². The lowest BCUT2D eigenvalue weighted by atomic mass is 10.2. The van der Waals surface area contributed by atoms with Crippen LogP contribution < -0.4 is 0 Å². The first-order chi connectivity index (χ1) is 8.75. The average molecular weight is 256 g/mol. The summed E-state index contributed by atoms with van der Waals surface area (Å²) in [5.41, 5.74) is 0. The second-order valence-corrected chi connectivity index (χ2v) is 5.74. The topological polar surface area (TPSA) is 35.9 Å². The van der Waals surface area contributed by atoms with Gasteiger partial charge in [-0.15, -0.1) is 0 Å². The maximum atomic E-state index is 9.22. The molecular formula is C14H28N2O2. The molecule has 2 fully saturated rings. The maximum absolute atomic E-state index is 9.22. The molecule has 2 aliphatic heterocycles. The van der Waals surface area contributed by atoms with Crippen LogP contribution in [-0.2, 0) is 4.74 Å². The van der Waals surface area contributed by atoms with Gasteiger partial charge in [-0.25, -0.2) is 0 Å². The number of hydrogen-bond acceptors (Lipinski definition) is 4. The molecule has 2 aliphatic rings. The molecule has 0 radical (unpaired) electrons. The Morgan fingerprint density at radius 1 is 1.22 bits per heavy atom. The third-order valence-corrected chi connectivity index (χ3v) is 4.16. The second-order valence-electron chi connectivity index (χ2n) is 5.74. The minimum Gasteiger partial charge on any atom is -0.393 e. The van der Waals surface area contributed by atoms with Gasteiger partial charge < -0.3 is 14.7 Å². The Labute approximate surface area is 111 Å². The molecular weight excluding hydrogens is 228 g/mol. The van der Waals surface area contributed by atoms with Gasteiger partial charge in [-0.2, -0.15) is 0 Å². The predicted molar refractivity (Wildman–Crippen MR) is 72.8 cm³/mol. The summed E-state index contributed by atoms with van der Waals surface area (Å²) in [7, 11) is 0. The summed E-state index contributed by atoms with van der Waals surface area (Å²) < 4.78 is 5.41. The van der Waals surface area contributed by atoms with E-state index in [1.165, 1.54) is 32.5 Å². The van der Waals surface area contributed by atoms with Crippen LogP contribution in [0.4, 0.5) is 0 Å². The van der Waals surface area contributed by atoms with E-state index in [-0.39, 0.29) is 6.10 Å². The molecule has 0 saturated carbocycles. The average Bonchev–Trinajstić information content (AvgIpc) is 2.84. The summed E-state index contributed by atoms with van der Waals surface area (Å²) in [6.07, 6.45) is 4.50. The van der Waals surface area contributed by atoms with Crippen molar-refractivity contribution in [3.63, 3.8) is 0 Å². The molecule has 106 valence electrons. The molecule has 0 amide bonds. The Kier molecular flexibility index (Phi) is 5.89. The van der Waals surface area contributed by atoms with E-state index in [2.05, 4.69) is 9.80 Å². The number of likely N-dealkylation sites (tertiary alicyclic amines) is 1. The number of morpholine rings is 1. The molecule has 1 N–H and O–H groups in total. The summed E-state index contributed by atoms with van der Waals surface area (Å²) in [6.45, 7) is 9.60. The lowest BCUT2D eigenvalue weighted by molar-refractivity contribution is 0.0185. The summed E-state index contributed by atoms with van der Waals surface area (Å²) in [4.78, 5) is 5.18. The molecule has 0 spiro atoms. The third kappa shape index (κ3) is 4.50. The first kappa shape index (κ1) is 14.3. The molecule has 0 aliphatic carbocycles.